The lowest BCUT2D eigenvalue weighted by molar-refractivity contribution is -0.192. The Morgan fingerprint density at radius 3 is 2.18 bits per heavy atom. The van der Waals surface area contributed by atoms with Crippen molar-refractivity contribution in [2.24, 2.45) is 11.1 Å². The first-order valence-electron chi connectivity index (χ1n) is 10.5. The summed E-state index contributed by atoms with van der Waals surface area (Å²) < 4.78 is 46.3. The largest absolute Gasteiger partial charge is 0.490 e. The number of rotatable bonds is 5. The third-order valence-electron chi connectivity index (χ3n) is 5.70. The summed E-state index contributed by atoms with van der Waals surface area (Å²) in [5.41, 5.74) is 8.38. The van der Waals surface area contributed by atoms with Crippen molar-refractivity contribution in [3.05, 3.63) is 59.4 Å². The molecule has 1 aliphatic carbocycles. The Bertz CT molecular complexity index is 980. The van der Waals surface area contributed by atoms with Gasteiger partial charge in [0.1, 0.15) is 5.82 Å². The summed E-state index contributed by atoms with van der Waals surface area (Å²) in [5, 5.41) is 10.6. The molecule has 9 heteroatoms. The van der Waals surface area contributed by atoms with E-state index in [0.717, 1.165) is 24.0 Å². The minimum Gasteiger partial charge on any atom is -0.475 e. The highest BCUT2D eigenvalue weighted by atomic mass is 19.4. The first kappa shape index (κ1) is 26.3. The molecule has 180 valence electrons. The minimum absolute atomic E-state index is 0.226. The number of carbonyl (C=O) groups is 2. The Balaban J connectivity index is 0.000000479. The van der Waals surface area contributed by atoms with Gasteiger partial charge in [-0.15, -0.1) is 0 Å². The van der Waals surface area contributed by atoms with Crippen molar-refractivity contribution in [2.45, 2.75) is 58.3 Å². The normalized spacial score (nSPS) is 15.9. The van der Waals surface area contributed by atoms with E-state index in [4.69, 9.17) is 15.6 Å². The number of nitrogens with one attached hydrogen (secondary N) is 1. The van der Waals surface area contributed by atoms with E-state index in [1.54, 1.807) is 18.2 Å². The Morgan fingerprint density at radius 2 is 1.67 bits per heavy atom. The number of aliphatic carboxylic acids is 1. The van der Waals surface area contributed by atoms with Crippen molar-refractivity contribution in [1.29, 1.82) is 0 Å². The molecule has 4 N–H and O–H groups in total. The molecule has 0 bridgehead atoms. The van der Waals surface area contributed by atoms with Crippen LogP contribution in [0.2, 0.25) is 0 Å². The van der Waals surface area contributed by atoms with Crippen LogP contribution < -0.4 is 11.1 Å². The number of alkyl halides is 3. The molecule has 0 saturated heterocycles. The summed E-state index contributed by atoms with van der Waals surface area (Å²) >= 11 is 0. The molecule has 0 unspecified atom stereocenters. The van der Waals surface area contributed by atoms with Gasteiger partial charge in [-0.05, 0) is 60.4 Å². The van der Waals surface area contributed by atoms with E-state index in [1.807, 2.05) is 18.2 Å². The van der Waals surface area contributed by atoms with Gasteiger partial charge >= 0.3 is 12.1 Å². The molecule has 0 atom stereocenters. The number of halogens is 4. The Hall–Kier alpha value is -2.94. The lowest BCUT2D eigenvalue weighted by Gasteiger charge is -2.34. The highest BCUT2D eigenvalue weighted by Gasteiger charge is 2.38. The van der Waals surface area contributed by atoms with Crippen LogP contribution in [0.15, 0.2) is 42.5 Å². The zero-order valence-corrected chi connectivity index (χ0v) is 18.5. The van der Waals surface area contributed by atoms with E-state index in [1.165, 1.54) is 18.9 Å². The number of primary amides is 1. The summed E-state index contributed by atoms with van der Waals surface area (Å²) in [4.78, 5) is 20.2. The van der Waals surface area contributed by atoms with Crippen molar-refractivity contribution in [1.82, 2.24) is 5.32 Å². The number of nitrogens with two attached hydrogens (primary N) is 1. The zero-order valence-electron chi connectivity index (χ0n) is 18.5. The van der Waals surface area contributed by atoms with Crippen molar-refractivity contribution < 1.29 is 32.3 Å². The van der Waals surface area contributed by atoms with Crippen molar-refractivity contribution >= 4 is 11.9 Å². The van der Waals surface area contributed by atoms with Gasteiger partial charge < -0.3 is 16.2 Å². The first-order chi connectivity index (χ1) is 15.3. The second-order valence-electron chi connectivity index (χ2n) is 8.87. The van der Waals surface area contributed by atoms with Crippen molar-refractivity contribution in [3.8, 4) is 11.1 Å². The average Bonchev–Trinajstić information content (AvgIpc) is 2.73. The van der Waals surface area contributed by atoms with Gasteiger partial charge in [0.2, 0.25) is 5.91 Å². The number of hydrogen-bond donors (Lipinski definition) is 3. The van der Waals surface area contributed by atoms with Gasteiger partial charge in [-0.25, -0.2) is 9.18 Å². The Morgan fingerprint density at radius 1 is 1.09 bits per heavy atom. The molecule has 2 aromatic rings. The molecule has 2 aromatic carbocycles. The van der Waals surface area contributed by atoms with Crippen LogP contribution >= 0.6 is 0 Å². The van der Waals surface area contributed by atoms with Crippen molar-refractivity contribution in [3.63, 3.8) is 0 Å². The fourth-order valence-corrected chi connectivity index (χ4v) is 3.58. The average molecular weight is 468 g/mol. The van der Waals surface area contributed by atoms with E-state index >= 15 is 0 Å². The number of carbonyl (C=O) groups excluding carboxylic acids is 1. The molecule has 1 aliphatic rings. The first-order valence-corrected chi connectivity index (χ1v) is 10.5. The maximum atomic E-state index is 14.5. The minimum atomic E-state index is -5.08. The van der Waals surface area contributed by atoms with Crippen LogP contribution in [0, 0.1) is 11.2 Å². The monoisotopic (exact) mass is 468 g/mol. The van der Waals surface area contributed by atoms with E-state index < -0.39 is 18.1 Å². The number of amides is 1. The quantitative estimate of drug-likeness (QED) is 0.521. The molecule has 0 radical (unpaired) electrons. The van der Waals surface area contributed by atoms with E-state index in [0.29, 0.717) is 29.1 Å². The topological polar surface area (TPSA) is 92.4 Å². The molecule has 0 aromatic heterocycles. The number of benzene rings is 2. The lowest BCUT2D eigenvalue weighted by Crippen LogP contribution is -2.35. The van der Waals surface area contributed by atoms with Gasteiger partial charge in [-0.3, -0.25) is 4.79 Å². The SMILES string of the molecule is CC1(C)CCC(NCc2ccc(-c3cccc(C(N)=O)c3)cc2F)CC1.O=C(O)C(F)(F)F. The molecule has 1 saturated carbocycles. The van der Waals surface area contributed by atoms with Crippen LogP contribution in [0.3, 0.4) is 0 Å². The smallest absolute Gasteiger partial charge is 0.475 e. The maximum absolute atomic E-state index is 14.5. The predicted molar refractivity (Wildman–Crippen MR) is 117 cm³/mol. The number of carboxylic acid groups (broad SMARTS) is 1. The summed E-state index contributed by atoms with van der Waals surface area (Å²) in [6.07, 6.45) is -0.371. The van der Waals surface area contributed by atoms with Gasteiger partial charge in [0.05, 0.1) is 0 Å². The molecular weight excluding hydrogens is 440 g/mol. The molecule has 0 heterocycles. The van der Waals surface area contributed by atoms with Gasteiger partial charge in [-0.1, -0.05) is 38.1 Å². The van der Waals surface area contributed by atoms with Crippen LogP contribution in [0.4, 0.5) is 17.6 Å². The number of carboxylic acids is 1. The van der Waals surface area contributed by atoms with Gasteiger partial charge in [0.15, 0.2) is 0 Å². The van der Waals surface area contributed by atoms with Gasteiger partial charge in [-0.2, -0.15) is 13.2 Å². The molecule has 5 nitrogen and oxygen atoms in total. The maximum Gasteiger partial charge on any atom is 0.490 e. The molecule has 1 amide bonds. The Kier molecular flexibility index (Phi) is 8.60. The zero-order chi connectivity index (χ0) is 24.8. The lowest BCUT2D eigenvalue weighted by atomic mass is 9.75. The van der Waals surface area contributed by atoms with Crippen LogP contribution in [-0.2, 0) is 11.3 Å². The molecule has 0 aliphatic heterocycles. The van der Waals surface area contributed by atoms with Crippen LogP contribution in [0.1, 0.15) is 55.5 Å². The second-order valence-corrected chi connectivity index (χ2v) is 8.87. The van der Waals surface area contributed by atoms with Crippen LogP contribution in [0.25, 0.3) is 11.1 Å². The summed E-state index contributed by atoms with van der Waals surface area (Å²) in [5.74, 6) is -3.47. The summed E-state index contributed by atoms with van der Waals surface area (Å²) in [6.45, 7) is 5.17. The standard InChI is InChI=1S/C22H27FN2O.C2HF3O2/c1-22(2)10-8-19(9-11-22)25-14-18-7-6-16(13-20(18)23)15-4-3-5-17(12-15)21(24)26;3-2(4,5)1(6)7/h3-7,12-13,19,25H,8-11,14H2,1-2H3,(H2,24,26);(H,6,7). The van der Waals surface area contributed by atoms with Gasteiger partial charge in [0, 0.05) is 23.7 Å². The highest BCUT2D eigenvalue weighted by molar-refractivity contribution is 5.94. The third-order valence-corrected chi connectivity index (χ3v) is 5.70. The Labute approximate surface area is 190 Å². The van der Waals surface area contributed by atoms with E-state index in [-0.39, 0.29) is 5.82 Å². The fraction of sp³-hybridized carbons (Fsp3) is 0.417. The molecule has 0 spiro atoms. The fourth-order valence-electron chi connectivity index (χ4n) is 3.58. The summed E-state index contributed by atoms with van der Waals surface area (Å²) in [6, 6.07) is 12.7. The number of hydrogen-bond acceptors (Lipinski definition) is 3. The molecule has 1 fully saturated rings. The molecular formula is C24H28F4N2O3. The van der Waals surface area contributed by atoms with Crippen LogP contribution in [-0.4, -0.2) is 29.2 Å². The van der Waals surface area contributed by atoms with Crippen molar-refractivity contribution in [2.75, 3.05) is 0 Å². The molecule has 3 rings (SSSR count). The second kappa shape index (κ2) is 10.8. The van der Waals surface area contributed by atoms with Crippen LogP contribution in [0.5, 0.6) is 0 Å². The summed E-state index contributed by atoms with van der Waals surface area (Å²) in [7, 11) is 0. The third kappa shape index (κ3) is 8.16. The highest BCUT2D eigenvalue weighted by Crippen LogP contribution is 2.35. The van der Waals surface area contributed by atoms with E-state index in [9.17, 15) is 22.4 Å². The van der Waals surface area contributed by atoms with E-state index in [2.05, 4.69) is 19.2 Å². The van der Waals surface area contributed by atoms with Gasteiger partial charge in [0.25, 0.3) is 0 Å². The molecule has 33 heavy (non-hydrogen) atoms. The predicted octanol–water partition coefficient (Wildman–Crippen LogP) is 5.28.